The first kappa shape index (κ1) is 16.7. The van der Waals surface area contributed by atoms with Crippen LogP contribution in [0.4, 0.5) is 0 Å². The van der Waals surface area contributed by atoms with E-state index in [1.165, 1.54) is 11.3 Å². The molecule has 4 heteroatoms. The van der Waals surface area contributed by atoms with Crippen molar-refractivity contribution >= 4 is 43.1 Å². The first-order chi connectivity index (χ1) is 8.77. The quantitative estimate of drug-likeness (QED) is 0.315. The summed E-state index contributed by atoms with van der Waals surface area (Å²) in [5.41, 5.74) is -0.00815. The van der Waals surface area contributed by atoms with Crippen molar-refractivity contribution in [3.05, 3.63) is 64.6 Å². The zero-order valence-electron chi connectivity index (χ0n) is 10.4. The molecule has 0 amide bonds. The van der Waals surface area contributed by atoms with Crippen LogP contribution in [0.1, 0.15) is 6.92 Å². The van der Waals surface area contributed by atoms with E-state index in [0.717, 1.165) is 14.8 Å². The maximum atomic E-state index is 12.2. The van der Waals surface area contributed by atoms with Gasteiger partial charge in [0, 0.05) is 10.1 Å². The molecular weight excluding hydrogens is 502 g/mol. The van der Waals surface area contributed by atoms with E-state index in [1.807, 2.05) is 24.3 Å². The molecule has 0 N–H and O–H groups in total. The van der Waals surface area contributed by atoms with Gasteiger partial charge in [-0.05, 0) is 6.07 Å². The summed E-state index contributed by atoms with van der Waals surface area (Å²) >= 11 is 7.59. The molecule has 0 unspecified atom stereocenters. The molecule has 0 saturated heterocycles. The van der Waals surface area contributed by atoms with Crippen LogP contribution >= 0.6 is 22.9 Å². The predicted molar refractivity (Wildman–Crippen MR) is 80.5 cm³/mol. The molecule has 0 aliphatic heterocycles. The first-order valence-corrected chi connectivity index (χ1v) is 6.69. The van der Waals surface area contributed by atoms with Gasteiger partial charge in [0.2, 0.25) is 0 Å². The largest absolute Gasteiger partial charge is 2.00 e. The third kappa shape index (κ3) is 3.23. The topological polar surface area (TPSA) is 17.1 Å². The second-order valence-corrected chi connectivity index (χ2v) is 4.92. The van der Waals surface area contributed by atoms with E-state index in [-0.39, 0.29) is 36.5 Å². The molecule has 1 nitrogen and oxygen atoms in total. The van der Waals surface area contributed by atoms with Gasteiger partial charge in [0.15, 0.2) is 0 Å². The van der Waals surface area contributed by atoms with Gasteiger partial charge in [-0.15, -0.1) is 11.6 Å². The summed E-state index contributed by atoms with van der Waals surface area (Å²) in [4.78, 5) is 12.2. The molecule has 1 heterocycles. The molecule has 19 heavy (non-hydrogen) atoms. The van der Waals surface area contributed by atoms with E-state index < -0.39 is 0 Å². The molecular formula is C15H11ClOSU. The molecule has 0 saturated carbocycles. The van der Waals surface area contributed by atoms with Crippen molar-refractivity contribution in [3.8, 4) is 0 Å². The minimum atomic E-state index is -0.00815. The molecule has 0 spiro atoms. The maximum absolute atomic E-state index is 12.2. The Morgan fingerprint density at radius 3 is 2.63 bits per heavy atom. The molecule has 1 aromatic heterocycles. The number of benzene rings is 2. The van der Waals surface area contributed by atoms with Crippen LogP contribution < -0.4 is 5.43 Å². The van der Waals surface area contributed by atoms with Crippen LogP contribution in [-0.2, 0) is 0 Å². The van der Waals surface area contributed by atoms with Crippen LogP contribution in [0.2, 0.25) is 5.02 Å². The number of halogens is 1. The van der Waals surface area contributed by atoms with E-state index in [4.69, 9.17) is 11.6 Å². The van der Waals surface area contributed by atoms with Gasteiger partial charge in [-0.25, -0.2) is 0 Å². The van der Waals surface area contributed by atoms with Gasteiger partial charge in [0.1, 0.15) is 5.43 Å². The standard InChI is InChI=1S/C13H6ClOS.C2H5.U/c14-9-5-3-7-11-12(9)13(15)8-4-1-2-6-10(8)16-11;1-2;/h1-6H;1H2,2H3;/q2*-1;+2. The van der Waals surface area contributed by atoms with Gasteiger partial charge < -0.3 is 11.7 Å². The maximum Gasteiger partial charge on any atom is 2.00 e. The molecule has 0 bridgehead atoms. The van der Waals surface area contributed by atoms with E-state index in [0.29, 0.717) is 10.4 Å². The Balaban J connectivity index is 0.000000576. The summed E-state index contributed by atoms with van der Waals surface area (Å²) in [5.74, 6) is 0. The van der Waals surface area contributed by atoms with Crippen molar-refractivity contribution in [2.45, 2.75) is 6.92 Å². The Kier molecular flexibility index (Phi) is 6.56. The monoisotopic (exact) mass is 512 g/mol. The normalized spacial score (nSPS) is 9.63. The minimum Gasteiger partial charge on any atom is -0.346 e. The second kappa shape index (κ2) is 7.45. The van der Waals surface area contributed by atoms with Crippen molar-refractivity contribution in [2.24, 2.45) is 0 Å². The first-order valence-electron chi connectivity index (χ1n) is 5.50. The molecule has 0 fully saturated rings. The van der Waals surface area contributed by atoms with Gasteiger partial charge in [-0.3, -0.25) is 0 Å². The molecule has 0 radical (unpaired) electrons. The zero-order valence-corrected chi connectivity index (χ0v) is 16.1. The Bertz CT molecular complexity index is 752. The zero-order chi connectivity index (χ0) is 13.1. The van der Waals surface area contributed by atoms with Crippen LogP contribution in [0, 0.1) is 44.1 Å². The average Bonchev–Trinajstić information content (AvgIpc) is 2.41. The summed E-state index contributed by atoms with van der Waals surface area (Å²) in [6.07, 6.45) is 0. The van der Waals surface area contributed by atoms with Crippen molar-refractivity contribution < 1.29 is 31.1 Å². The number of hydrogen-bond acceptors (Lipinski definition) is 2. The summed E-state index contributed by atoms with van der Waals surface area (Å²) in [6, 6.07) is 14.1. The van der Waals surface area contributed by atoms with Crippen molar-refractivity contribution in [1.29, 1.82) is 0 Å². The molecule has 0 aliphatic carbocycles. The smallest absolute Gasteiger partial charge is 0.346 e. The molecule has 3 rings (SSSR count). The Morgan fingerprint density at radius 1 is 1.21 bits per heavy atom. The van der Waals surface area contributed by atoms with Crippen LogP contribution in [0.5, 0.6) is 0 Å². The van der Waals surface area contributed by atoms with E-state index in [1.54, 1.807) is 19.1 Å². The Morgan fingerprint density at radius 2 is 1.89 bits per heavy atom. The Labute approximate surface area is 145 Å². The van der Waals surface area contributed by atoms with Gasteiger partial charge in [0.25, 0.3) is 0 Å². The molecule has 0 atom stereocenters. The third-order valence-electron chi connectivity index (χ3n) is 2.48. The summed E-state index contributed by atoms with van der Waals surface area (Å²) in [5, 5.41) is 1.80. The van der Waals surface area contributed by atoms with Crippen molar-refractivity contribution in [3.63, 3.8) is 0 Å². The molecule has 0 aliphatic rings. The molecule has 2 aromatic carbocycles. The van der Waals surface area contributed by atoms with Gasteiger partial charge in [0.05, 0.1) is 0 Å². The number of fused-ring (bicyclic) bond motifs is 2. The van der Waals surface area contributed by atoms with Crippen LogP contribution in [-0.4, -0.2) is 0 Å². The van der Waals surface area contributed by atoms with Gasteiger partial charge >= 0.3 is 31.1 Å². The van der Waals surface area contributed by atoms with Crippen molar-refractivity contribution in [1.82, 2.24) is 0 Å². The molecule has 3 aromatic rings. The summed E-state index contributed by atoms with van der Waals surface area (Å²) in [7, 11) is 0. The summed E-state index contributed by atoms with van der Waals surface area (Å²) < 4.78 is 1.79. The van der Waals surface area contributed by atoms with Gasteiger partial charge in [-0.1, -0.05) is 33.3 Å². The van der Waals surface area contributed by atoms with Crippen LogP contribution in [0.25, 0.3) is 20.2 Å². The number of hydrogen-bond donors (Lipinski definition) is 0. The Hall–Kier alpha value is -0.328. The average molecular weight is 513 g/mol. The molecule has 94 valence electrons. The summed E-state index contributed by atoms with van der Waals surface area (Å²) in [6.45, 7) is 5.00. The van der Waals surface area contributed by atoms with Crippen LogP contribution in [0.15, 0.2) is 41.2 Å². The fourth-order valence-corrected chi connectivity index (χ4v) is 3.10. The van der Waals surface area contributed by atoms with Crippen molar-refractivity contribution in [2.75, 3.05) is 0 Å². The SMILES string of the molecule is O=c1c2ccccc2sc2[c-]ccc(Cl)c12.[CH2-]C.[U+2]. The van der Waals surface area contributed by atoms with E-state index in [9.17, 15) is 4.79 Å². The van der Waals surface area contributed by atoms with E-state index >= 15 is 0 Å². The van der Waals surface area contributed by atoms with Gasteiger partial charge in [-0.2, -0.15) is 36.5 Å². The minimum absolute atomic E-state index is 0. The number of rotatable bonds is 0. The fourth-order valence-electron chi connectivity index (χ4n) is 1.73. The van der Waals surface area contributed by atoms with E-state index in [2.05, 4.69) is 13.0 Å². The third-order valence-corrected chi connectivity index (χ3v) is 3.90. The fraction of sp³-hybridized carbons (Fsp3) is 0.0667. The predicted octanol–water partition coefficient (Wildman–Crippen LogP) is 4.71. The second-order valence-electron chi connectivity index (χ2n) is 3.46. The van der Waals surface area contributed by atoms with Crippen LogP contribution in [0.3, 0.4) is 0 Å².